The van der Waals surface area contributed by atoms with E-state index in [9.17, 15) is 4.79 Å². The van der Waals surface area contributed by atoms with E-state index in [1.807, 2.05) is 55.5 Å². The van der Waals surface area contributed by atoms with Gasteiger partial charge in [0, 0.05) is 11.9 Å². The zero-order valence-corrected chi connectivity index (χ0v) is 20.3. The molecule has 3 aromatic rings. The van der Waals surface area contributed by atoms with E-state index in [1.54, 1.807) is 4.90 Å². The summed E-state index contributed by atoms with van der Waals surface area (Å²) in [6.45, 7) is 7.56. The first-order valence-corrected chi connectivity index (χ1v) is 12.5. The van der Waals surface area contributed by atoms with Crippen LogP contribution < -0.4 is 4.74 Å². The summed E-state index contributed by atoms with van der Waals surface area (Å²) in [5, 5.41) is 2.88. The lowest BCUT2D eigenvalue weighted by molar-refractivity contribution is -0.122. The second-order valence-electron chi connectivity index (χ2n) is 7.94. The lowest BCUT2D eigenvalue weighted by atomic mass is 10.0. The monoisotopic (exact) mass is 458 g/mol. The van der Waals surface area contributed by atoms with E-state index >= 15 is 0 Å². The first-order chi connectivity index (χ1) is 16.2. The number of amidine groups is 1. The Hall–Kier alpha value is -3.05. The molecule has 4 rings (SSSR count). The van der Waals surface area contributed by atoms with E-state index in [0.29, 0.717) is 18.1 Å². The third-order valence-corrected chi connectivity index (χ3v) is 6.76. The summed E-state index contributed by atoms with van der Waals surface area (Å²) >= 11 is 1.45. The molecule has 1 amide bonds. The maximum atomic E-state index is 13.2. The number of thioether (sulfide) groups is 1. The number of carbonyl (C=O) groups is 1. The molecule has 1 aliphatic rings. The number of hydrogen-bond donors (Lipinski definition) is 0. The number of nitrogens with zero attached hydrogens (tertiary/aromatic N) is 2. The normalized spacial score (nSPS) is 16.3. The molecular weight excluding hydrogens is 428 g/mol. The van der Waals surface area contributed by atoms with Crippen molar-refractivity contribution >= 4 is 45.4 Å². The fraction of sp³-hybridized carbons (Fsp3) is 0.286. The molecule has 33 heavy (non-hydrogen) atoms. The quantitative estimate of drug-likeness (QED) is 0.265. The Labute approximate surface area is 200 Å². The fourth-order valence-corrected chi connectivity index (χ4v) is 4.95. The highest BCUT2D eigenvalue weighted by atomic mass is 32.2. The standard InChI is InChI=1S/C28H30N2O2S/c1-4-7-18-32-25-17-16-21(22-13-9-10-14-23(22)25)19-26-27(31)30(6-3)28(33-26)29-24-15-11-8-12-20(24)5-2/h8-17,19H,4-7,18H2,1-3H3/b26-19+,29-28?. The Morgan fingerprint density at radius 2 is 1.73 bits per heavy atom. The average molecular weight is 459 g/mol. The van der Waals surface area contributed by atoms with Gasteiger partial charge in [0.2, 0.25) is 0 Å². The van der Waals surface area contributed by atoms with E-state index < -0.39 is 0 Å². The van der Waals surface area contributed by atoms with Crippen molar-refractivity contribution in [2.45, 2.75) is 40.0 Å². The molecule has 0 bridgehead atoms. The van der Waals surface area contributed by atoms with Crippen LogP contribution in [0.5, 0.6) is 5.75 Å². The van der Waals surface area contributed by atoms with Crippen LogP contribution in [0.4, 0.5) is 5.69 Å². The van der Waals surface area contributed by atoms with Crippen LogP contribution in [0, 0.1) is 0 Å². The second-order valence-corrected chi connectivity index (χ2v) is 8.95. The molecule has 0 atom stereocenters. The first-order valence-electron chi connectivity index (χ1n) is 11.7. The SMILES string of the molecule is CCCCOc1ccc(/C=C2/SC(=Nc3ccccc3CC)N(CC)C2=O)c2ccccc12. The predicted octanol–water partition coefficient (Wildman–Crippen LogP) is 7.21. The number of benzene rings is 3. The van der Waals surface area contributed by atoms with Gasteiger partial charge < -0.3 is 4.74 Å². The molecule has 4 nitrogen and oxygen atoms in total. The lowest BCUT2D eigenvalue weighted by Crippen LogP contribution is -2.28. The molecule has 0 spiro atoms. The highest BCUT2D eigenvalue weighted by molar-refractivity contribution is 8.18. The number of aryl methyl sites for hydroxylation is 1. The molecule has 170 valence electrons. The van der Waals surface area contributed by atoms with Crippen LogP contribution >= 0.6 is 11.8 Å². The van der Waals surface area contributed by atoms with E-state index in [1.165, 1.54) is 17.3 Å². The molecule has 1 saturated heterocycles. The Morgan fingerprint density at radius 3 is 2.48 bits per heavy atom. The van der Waals surface area contributed by atoms with Crippen LogP contribution in [0.15, 0.2) is 70.6 Å². The predicted molar refractivity (Wildman–Crippen MR) is 140 cm³/mol. The molecule has 1 fully saturated rings. The summed E-state index contributed by atoms with van der Waals surface area (Å²) in [6, 6.07) is 20.4. The largest absolute Gasteiger partial charge is 0.493 e. The van der Waals surface area contributed by atoms with Gasteiger partial charge in [0.15, 0.2) is 5.17 Å². The number of likely N-dealkylation sites (N-methyl/N-ethyl adjacent to an activating group) is 1. The van der Waals surface area contributed by atoms with Crippen molar-refractivity contribution in [2.75, 3.05) is 13.2 Å². The number of para-hydroxylation sites is 1. The molecule has 5 heteroatoms. The van der Waals surface area contributed by atoms with Crippen molar-refractivity contribution in [3.63, 3.8) is 0 Å². The molecule has 3 aromatic carbocycles. The zero-order chi connectivity index (χ0) is 23.2. The smallest absolute Gasteiger partial charge is 0.266 e. The lowest BCUT2D eigenvalue weighted by Gasteiger charge is -2.13. The van der Waals surface area contributed by atoms with Gasteiger partial charge in [0.25, 0.3) is 5.91 Å². The van der Waals surface area contributed by atoms with Crippen LogP contribution in [-0.4, -0.2) is 29.1 Å². The van der Waals surface area contributed by atoms with Crippen LogP contribution in [-0.2, 0) is 11.2 Å². The van der Waals surface area contributed by atoms with E-state index in [2.05, 4.69) is 32.0 Å². The van der Waals surface area contributed by atoms with Crippen LogP contribution in [0.25, 0.3) is 16.8 Å². The number of aliphatic imine (C=N–C) groups is 1. The van der Waals surface area contributed by atoms with Gasteiger partial charge in [-0.05, 0) is 66.2 Å². The summed E-state index contributed by atoms with van der Waals surface area (Å²) < 4.78 is 6.03. The molecule has 0 aliphatic carbocycles. The number of fused-ring (bicyclic) bond motifs is 1. The fourth-order valence-electron chi connectivity index (χ4n) is 3.91. The Morgan fingerprint density at radius 1 is 0.970 bits per heavy atom. The molecular formula is C28H30N2O2S. The summed E-state index contributed by atoms with van der Waals surface area (Å²) in [5.74, 6) is 0.891. The average Bonchev–Trinajstić information content (AvgIpc) is 3.14. The van der Waals surface area contributed by atoms with Crippen molar-refractivity contribution in [3.8, 4) is 5.75 Å². The number of ether oxygens (including phenoxy) is 1. The highest BCUT2D eigenvalue weighted by Gasteiger charge is 2.32. The van der Waals surface area contributed by atoms with Gasteiger partial charge in [-0.2, -0.15) is 0 Å². The maximum absolute atomic E-state index is 13.2. The van der Waals surface area contributed by atoms with Crippen LogP contribution in [0.3, 0.4) is 0 Å². The third kappa shape index (κ3) is 4.98. The van der Waals surface area contributed by atoms with Crippen LogP contribution in [0.1, 0.15) is 44.7 Å². The molecule has 1 heterocycles. The van der Waals surface area contributed by atoms with Gasteiger partial charge >= 0.3 is 0 Å². The van der Waals surface area contributed by atoms with E-state index in [4.69, 9.17) is 9.73 Å². The number of rotatable bonds is 8. The first kappa shape index (κ1) is 23.1. The minimum Gasteiger partial charge on any atom is -0.493 e. The van der Waals surface area contributed by atoms with Crippen LogP contribution in [0.2, 0.25) is 0 Å². The van der Waals surface area contributed by atoms with Crippen molar-refractivity contribution in [2.24, 2.45) is 4.99 Å². The minimum absolute atomic E-state index is 0.00239. The Bertz CT molecular complexity index is 1220. The van der Waals surface area contributed by atoms with E-state index in [0.717, 1.165) is 52.2 Å². The van der Waals surface area contributed by atoms with Gasteiger partial charge in [-0.3, -0.25) is 9.69 Å². The minimum atomic E-state index is 0.00239. The zero-order valence-electron chi connectivity index (χ0n) is 19.5. The van der Waals surface area contributed by atoms with Gasteiger partial charge in [-0.25, -0.2) is 4.99 Å². The Balaban J connectivity index is 1.70. The second kappa shape index (κ2) is 10.7. The van der Waals surface area contributed by atoms with E-state index in [-0.39, 0.29) is 5.91 Å². The molecule has 0 saturated carbocycles. The number of unbranched alkanes of at least 4 members (excludes halogenated alkanes) is 1. The Kier molecular flexibility index (Phi) is 7.50. The molecule has 0 unspecified atom stereocenters. The molecule has 1 aliphatic heterocycles. The molecule has 0 N–H and O–H groups in total. The summed E-state index contributed by atoms with van der Waals surface area (Å²) in [7, 11) is 0. The number of carbonyl (C=O) groups excluding carboxylic acids is 1. The van der Waals surface area contributed by atoms with Gasteiger partial charge in [-0.1, -0.05) is 68.8 Å². The third-order valence-electron chi connectivity index (χ3n) is 5.75. The summed E-state index contributed by atoms with van der Waals surface area (Å²) in [4.78, 5) is 20.5. The maximum Gasteiger partial charge on any atom is 0.266 e. The molecule has 0 aromatic heterocycles. The summed E-state index contributed by atoms with van der Waals surface area (Å²) in [5.41, 5.74) is 3.11. The van der Waals surface area contributed by atoms with Crippen molar-refractivity contribution in [1.82, 2.24) is 4.90 Å². The van der Waals surface area contributed by atoms with Gasteiger partial charge in [0.05, 0.1) is 17.2 Å². The number of amides is 1. The molecule has 0 radical (unpaired) electrons. The van der Waals surface area contributed by atoms with Crippen molar-refractivity contribution < 1.29 is 9.53 Å². The summed E-state index contributed by atoms with van der Waals surface area (Å²) in [6.07, 6.45) is 5.02. The van der Waals surface area contributed by atoms with Crippen molar-refractivity contribution in [1.29, 1.82) is 0 Å². The van der Waals surface area contributed by atoms with Gasteiger partial charge in [0.1, 0.15) is 5.75 Å². The number of hydrogen-bond acceptors (Lipinski definition) is 4. The van der Waals surface area contributed by atoms with Gasteiger partial charge in [-0.15, -0.1) is 0 Å². The topological polar surface area (TPSA) is 41.9 Å². The highest BCUT2D eigenvalue weighted by Crippen LogP contribution is 2.37. The van der Waals surface area contributed by atoms with Crippen molar-refractivity contribution in [3.05, 3.63) is 76.7 Å².